The number of carbonyl (C=O) groups excluding carboxylic acids is 1. The molecule has 0 fully saturated rings. The molecule has 18 heavy (non-hydrogen) atoms. The molecule has 0 aliphatic carbocycles. The highest BCUT2D eigenvalue weighted by Gasteiger charge is 2.35. The number of fused-ring (bicyclic) bond motifs is 1. The lowest BCUT2D eigenvalue weighted by molar-refractivity contribution is -0.390. The zero-order valence-electron chi connectivity index (χ0n) is 9.14. The first-order chi connectivity index (χ1) is 8.56. The van der Waals surface area contributed by atoms with Crippen molar-refractivity contribution >= 4 is 27.7 Å². The minimum atomic E-state index is -0.827. The Labute approximate surface area is 109 Å². The SMILES string of the molecule is COC(=O)c1nc([N+](=O)[O-])c(Br)c2c1OCCO2. The van der Waals surface area contributed by atoms with Crippen LogP contribution in [-0.4, -0.2) is 36.2 Å². The Hall–Kier alpha value is -1.90. The molecule has 0 aromatic carbocycles. The quantitative estimate of drug-likeness (QED) is 0.460. The van der Waals surface area contributed by atoms with Crippen molar-refractivity contribution in [2.24, 2.45) is 0 Å². The molecule has 1 aromatic rings. The summed E-state index contributed by atoms with van der Waals surface area (Å²) in [5, 5.41) is 10.8. The predicted octanol–water partition coefficient (Wildman–Crippen LogP) is 1.31. The molecular formula is C9H7BrN2O6. The van der Waals surface area contributed by atoms with E-state index in [-0.39, 0.29) is 34.9 Å². The fraction of sp³-hybridized carbons (Fsp3) is 0.333. The molecule has 2 heterocycles. The van der Waals surface area contributed by atoms with Gasteiger partial charge in [-0.3, -0.25) is 0 Å². The first kappa shape index (κ1) is 12.6. The van der Waals surface area contributed by atoms with E-state index in [0.717, 1.165) is 7.11 Å². The van der Waals surface area contributed by atoms with Crippen LogP contribution >= 0.6 is 15.9 Å². The molecule has 0 N–H and O–H groups in total. The molecule has 1 aliphatic rings. The first-order valence-corrected chi connectivity index (χ1v) is 5.57. The molecular weight excluding hydrogens is 312 g/mol. The first-order valence-electron chi connectivity index (χ1n) is 4.78. The van der Waals surface area contributed by atoms with Gasteiger partial charge >= 0.3 is 17.5 Å². The Morgan fingerprint density at radius 3 is 2.61 bits per heavy atom. The largest absolute Gasteiger partial charge is 0.484 e. The van der Waals surface area contributed by atoms with Crippen molar-refractivity contribution < 1.29 is 23.9 Å². The summed E-state index contributed by atoms with van der Waals surface area (Å²) >= 11 is 3.01. The fourth-order valence-electron chi connectivity index (χ4n) is 1.42. The average Bonchev–Trinajstić information content (AvgIpc) is 2.38. The van der Waals surface area contributed by atoms with Crippen molar-refractivity contribution in [2.75, 3.05) is 20.3 Å². The third-order valence-electron chi connectivity index (χ3n) is 2.16. The number of hydrogen-bond donors (Lipinski definition) is 0. The van der Waals surface area contributed by atoms with Gasteiger partial charge in [-0.05, 0) is 25.8 Å². The van der Waals surface area contributed by atoms with Crippen LogP contribution in [0.5, 0.6) is 11.5 Å². The summed E-state index contributed by atoms with van der Waals surface area (Å²) in [6.45, 7) is 0.455. The molecule has 1 aromatic heterocycles. The van der Waals surface area contributed by atoms with Crippen LogP contribution in [0.4, 0.5) is 5.82 Å². The van der Waals surface area contributed by atoms with Gasteiger partial charge in [-0.15, -0.1) is 0 Å². The van der Waals surface area contributed by atoms with E-state index in [1.807, 2.05) is 0 Å². The van der Waals surface area contributed by atoms with Crippen molar-refractivity contribution in [3.05, 3.63) is 20.3 Å². The van der Waals surface area contributed by atoms with Crippen molar-refractivity contribution in [1.82, 2.24) is 4.98 Å². The minimum Gasteiger partial charge on any atom is -0.484 e. The van der Waals surface area contributed by atoms with E-state index in [1.54, 1.807) is 0 Å². The molecule has 1 aliphatic heterocycles. The molecule has 0 atom stereocenters. The van der Waals surface area contributed by atoms with Crippen LogP contribution in [-0.2, 0) is 4.74 Å². The predicted molar refractivity (Wildman–Crippen MR) is 60.9 cm³/mol. The highest BCUT2D eigenvalue weighted by molar-refractivity contribution is 9.10. The third kappa shape index (κ3) is 1.96. The van der Waals surface area contributed by atoms with Crippen LogP contribution in [0.25, 0.3) is 0 Å². The van der Waals surface area contributed by atoms with Crippen molar-refractivity contribution in [3.63, 3.8) is 0 Å². The van der Waals surface area contributed by atoms with Crippen LogP contribution in [0, 0.1) is 10.1 Å². The van der Waals surface area contributed by atoms with E-state index >= 15 is 0 Å². The van der Waals surface area contributed by atoms with E-state index in [9.17, 15) is 14.9 Å². The maximum atomic E-state index is 11.5. The number of carbonyl (C=O) groups is 1. The maximum absolute atomic E-state index is 11.5. The fourth-order valence-corrected chi connectivity index (χ4v) is 1.95. The number of aromatic nitrogens is 1. The molecule has 9 heteroatoms. The Balaban J connectivity index is 2.69. The number of pyridine rings is 1. The van der Waals surface area contributed by atoms with E-state index < -0.39 is 16.7 Å². The summed E-state index contributed by atoms with van der Waals surface area (Å²) in [4.78, 5) is 25.3. The van der Waals surface area contributed by atoms with Gasteiger partial charge in [0.05, 0.1) is 7.11 Å². The van der Waals surface area contributed by atoms with E-state index in [4.69, 9.17) is 9.47 Å². The summed E-state index contributed by atoms with van der Waals surface area (Å²) in [6, 6.07) is 0. The van der Waals surface area contributed by atoms with Gasteiger partial charge in [-0.2, -0.15) is 0 Å². The van der Waals surface area contributed by atoms with Crippen LogP contribution < -0.4 is 9.47 Å². The minimum absolute atomic E-state index is 0.0369. The number of rotatable bonds is 2. The van der Waals surface area contributed by atoms with Crippen LogP contribution in [0.1, 0.15) is 10.5 Å². The normalized spacial score (nSPS) is 13.0. The highest BCUT2D eigenvalue weighted by atomic mass is 79.9. The van der Waals surface area contributed by atoms with Crippen LogP contribution in [0.2, 0.25) is 0 Å². The molecule has 0 spiro atoms. The van der Waals surface area contributed by atoms with Gasteiger partial charge in [0.1, 0.15) is 13.2 Å². The molecule has 0 bridgehead atoms. The second-order valence-electron chi connectivity index (χ2n) is 3.20. The molecule has 0 amide bonds. The number of esters is 1. The number of hydrogen-bond acceptors (Lipinski definition) is 7. The van der Waals surface area contributed by atoms with Crippen molar-refractivity contribution in [3.8, 4) is 11.5 Å². The van der Waals surface area contributed by atoms with Crippen LogP contribution in [0.3, 0.4) is 0 Å². The molecule has 2 rings (SSSR count). The number of methoxy groups -OCH3 is 1. The second-order valence-corrected chi connectivity index (χ2v) is 3.99. The Morgan fingerprint density at radius 2 is 2.06 bits per heavy atom. The van der Waals surface area contributed by atoms with Gasteiger partial charge in [-0.1, -0.05) is 0 Å². The monoisotopic (exact) mass is 318 g/mol. The van der Waals surface area contributed by atoms with Crippen molar-refractivity contribution in [2.45, 2.75) is 0 Å². The molecule has 0 saturated carbocycles. The standard InChI is InChI=1S/C9H7BrN2O6/c1-16-9(13)5-7-6(17-2-3-18-7)4(10)8(11-5)12(14)15/h2-3H2,1H3. The van der Waals surface area contributed by atoms with E-state index in [1.165, 1.54) is 0 Å². The van der Waals surface area contributed by atoms with Gasteiger partial charge in [0, 0.05) is 0 Å². The van der Waals surface area contributed by atoms with E-state index in [2.05, 4.69) is 25.7 Å². The third-order valence-corrected chi connectivity index (χ3v) is 2.88. The Bertz CT molecular complexity index is 532. The lowest BCUT2D eigenvalue weighted by Crippen LogP contribution is -2.20. The van der Waals surface area contributed by atoms with Gasteiger partial charge in [0.2, 0.25) is 5.75 Å². The van der Waals surface area contributed by atoms with Gasteiger partial charge < -0.3 is 24.3 Å². The smallest absolute Gasteiger partial charge is 0.386 e. The molecule has 0 unspecified atom stereocenters. The molecule has 0 saturated heterocycles. The van der Waals surface area contributed by atoms with Gasteiger partial charge in [-0.25, -0.2) is 4.79 Å². The summed E-state index contributed by atoms with van der Waals surface area (Å²) in [7, 11) is 1.15. The number of nitrogens with zero attached hydrogens (tertiary/aromatic N) is 2. The Kier molecular flexibility index (Phi) is 3.32. The highest BCUT2D eigenvalue weighted by Crippen LogP contribution is 2.43. The van der Waals surface area contributed by atoms with Gasteiger partial charge in [0.15, 0.2) is 10.2 Å². The second kappa shape index (κ2) is 4.77. The maximum Gasteiger partial charge on any atom is 0.386 e. The average molecular weight is 319 g/mol. The van der Waals surface area contributed by atoms with Crippen molar-refractivity contribution in [1.29, 1.82) is 0 Å². The number of nitro groups is 1. The summed E-state index contributed by atoms with van der Waals surface area (Å²) in [5.41, 5.74) is -0.276. The zero-order chi connectivity index (χ0) is 13.3. The molecule has 8 nitrogen and oxygen atoms in total. The number of ether oxygens (including phenoxy) is 3. The summed E-state index contributed by atoms with van der Waals surface area (Å²) in [5.74, 6) is -1.22. The summed E-state index contributed by atoms with van der Waals surface area (Å²) < 4.78 is 15.0. The van der Waals surface area contributed by atoms with Gasteiger partial charge in [0.25, 0.3) is 0 Å². The lowest BCUT2D eigenvalue weighted by Gasteiger charge is -2.19. The zero-order valence-corrected chi connectivity index (χ0v) is 10.7. The number of halogens is 1. The van der Waals surface area contributed by atoms with E-state index in [0.29, 0.717) is 0 Å². The topological polar surface area (TPSA) is 101 Å². The molecule has 96 valence electrons. The Morgan fingerprint density at radius 1 is 1.44 bits per heavy atom. The van der Waals surface area contributed by atoms with Crippen LogP contribution in [0.15, 0.2) is 4.47 Å². The lowest BCUT2D eigenvalue weighted by atomic mass is 10.2. The molecule has 0 radical (unpaired) electrons. The summed E-state index contributed by atoms with van der Waals surface area (Å²) in [6.07, 6.45) is 0.